The van der Waals surface area contributed by atoms with Gasteiger partial charge in [-0.1, -0.05) is 49.2 Å². The lowest BCUT2D eigenvalue weighted by molar-refractivity contribution is -0.118. The molecule has 0 atom stereocenters. The number of carbonyl (C=O) groups excluding carboxylic acids is 2. The van der Waals surface area contributed by atoms with Gasteiger partial charge >= 0.3 is 0 Å². The van der Waals surface area contributed by atoms with E-state index in [4.69, 9.17) is 27.9 Å². The molecule has 0 unspecified atom stereocenters. The highest BCUT2D eigenvalue weighted by atomic mass is 35.5. The van der Waals surface area contributed by atoms with Crippen LogP contribution in [-0.4, -0.2) is 18.9 Å². The second kappa shape index (κ2) is 8.92. The topological polar surface area (TPSA) is 67.4 Å². The third kappa shape index (κ3) is 5.13. The van der Waals surface area contributed by atoms with Crippen LogP contribution in [0.15, 0.2) is 36.4 Å². The Morgan fingerprint density at radius 1 is 1.08 bits per heavy atom. The molecule has 0 aromatic heterocycles. The fourth-order valence-corrected chi connectivity index (χ4v) is 2.80. The van der Waals surface area contributed by atoms with E-state index in [1.807, 2.05) is 26.0 Å². The molecule has 0 aliphatic rings. The molecule has 2 N–H and O–H groups in total. The molecule has 0 fully saturated rings. The largest absolute Gasteiger partial charge is 0.494 e. The van der Waals surface area contributed by atoms with Crippen LogP contribution in [0.5, 0.6) is 5.75 Å². The number of halogens is 2. The highest BCUT2D eigenvalue weighted by molar-refractivity contribution is 6.37. The quantitative estimate of drug-likeness (QED) is 0.756. The molecule has 0 saturated carbocycles. The molecule has 0 saturated heterocycles. The Bertz CT molecular complexity index is 782. The van der Waals surface area contributed by atoms with E-state index in [0.29, 0.717) is 23.5 Å². The maximum atomic E-state index is 12.3. The van der Waals surface area contributed by atoms with E-state index in [0.717, 1.165) is 5.56 Å². The Morgan fingerprint density at radius 3 is 2.15 bits per heavy atom. The summed E-state index contributed by atoms with van der Waals surface area (Å²) in [6, 6.07) is 10.3. The van der Waals surface area contributed by atoms with Crippen molar-refractivity contribution in [2.75, 3.05) is 12.4 Å². The van der Waals surface area contributed by atoms with Crippen molar-refractivity contribution in [3.8, 4) is 5.75 Å². The van der Waals surface area contributed by atoms with Crippen LogP contribution in [0.2, 0.25) is 10.0 Å². The smallest absolute Gasteiger partial charge is 0.251 e. The number of nitrogens with one attached hydrogen (secondary N) is 2. The second-order valence-corrected chi connectivity index (χ2v) is 6.81. The van der Waals surface area contributed by atoms with Crippen molar-refractivity contribution in [2.24, 2.45) is 5.92 Å². The van der Waals surface area contributed by atoms with Crippen molar-refractivity contribution in [1.29, 1.82) is 0 Å². The monoisotopic (exact) mass is 394 g/mol. The van der Waals surface area contributed by atoms with Gasteiger partial charge in [-0.15, -0.1) is 0 Å². The Hall–Kier alpha value is -2.24. The molecule has 0 spiro atoms. The molecule has 0 bridgehead atoms. The van der Waals surface area contributed by atoms with Crippen LogP contribution in [0.1, 0.15) is 29.8 Å². The number of methoxy groups -OCH3 is 1. The molecule has 0 heterocycles. The molecular formula is C19H20Cl2N2O3. The van der Waals surface area contributed by atoms with Crippen molar-refractivity contribution in [3.05, 3.63) is 57.6 Å². The van der Waals surface area contributed by atoms with E-state index in [9.17, 15) is 9.59 Å². The minimum atomic E-state index is -0.298. The molecule has 138 valence electrons. The summed E-state index contributed by atoms with van der Waals surface area (Å²) >= 11 is 12.1. The zero-order valence-electron chi connectivity index (χ0n) is 14.7. The molecule has 26 heavy (non-hydrogen) atoms. The Balaban J connectivity index is 1.98. The standard InChI is InChI=1S/C19H20Cl2N2O3/c1-11(2)18(24)23-14-6-4-12(5-7-14)10-22-19(25)13-8-15(20)17(26-3)16(21)9-13/h4-9,11H,10H2,1-3H3,(H,22,25)(H,23,24). The molecule has 0 aliphatic carbocycles. The third-order valence-corrected chi connectivity index (χ3v) is 4.23. The molecule has 2 rings (SSSR count). The van der Waals surface area contributed by atoms with Gasteiger partial charge in [0.05, 0.1) is 17.2 Å². The minimum absolute atomic E-state index is 0.0423. The lowest BCUT2D eigenvalue weighted by Crippen LogP contribution is -2.23. The van der Waals surface area contributed by atoms with Gasteiger partial charge in [0.1, 0.15) is 0 Å². The molecule has 0 aliphatic heterocycles. The third-order valence-electron chi connectivity index (χ3n) is 3.66. The maximum absolute atomic E-state index is 12.3. The number of amides is 2. The molecule has 7 heteroatoms. The van der Waals surface area contributed by atoms with Gasteiger partial charge in [0.2, 0.25) is 5.91 Å². The van der Waals surface area contributed by atoms with Gasteiger partial charge in [-0.25, -0.2) is 0 Å². The van der Waals surface area contributed by atoms with E-state index >= 15 is 0 Å². The Labute approximate surface area is 162 Å². The summed E-state index contributed by atoms with van der Waals surface area (Å²) in [5.74, 6) is -0.0889. The van der Waals surface area contributed by atoms with Gasteiger partial charge in [-0.3, -0.25) is 9.59 Å². The van der Waals surface area contributed by atoms with Crippen LogP contribution in [0, 0.1) is 5.92 Å². The van der Waals surface area contributed by atoms with Crippen LogP contribution in [-0.2, 0) is 11.3 Å². The van der Waals surface area contributed by atoms with Crippen molar-refractivity contribution < 1.29 is 14.3 Å². The van der Waals surface area contributed by atoms with E-state index in [-0.39, 0.29) is 27.8 Å². The predicted molar refractivity (Wildman–Crippen MR) is 104 cm³/mol. The zero-order chi connectivity index (χ0) is 19.3. The van der Waals surface area contributed by atoms with Crippen LogP contribution < -0.4 is 15.4 Å². The summed E-state index contributed by atoms with van der Waals surface area (Å²) in [5.41, 5.74) is 1.96. The highest BCUT2D eigenvalue weighted by Gasteiger charge is 2.13. The molecule has 2 aromatic carbocycles. The average molecular weight is 395 g/mol. The zero-order valence-corrected chi connectivity index (χ0v) is 16.2. The summed E-state index contributed by atoms with van der Waals surface area (Å²) in [6.45, 7) is 3.99. The first kappa shape index (κ1) is 20.1. The number of carbonyl (C=O) groups is 2. The number of ether oxygens (including phenoxy) is 1. The van der Waals surface area contributed by atoms with Crippen molar-refractivity contribution in [2.45, 2.75) is 20.4 Å². The van der Waals surface area contributed by atoms with Crippen LogP contribution in [0.4, 0.5) is 5.69 Å². The van der Waals surface area contributed by atoms with Gasteiger partial charge in [-0.05, 0) is 29.8 Å². The van der Waals surface area contributed by atoms with Gasteiger partial charge in [0.25, 0.3) is 5.91 Å². The highest BCUT2D eigenvalue weighted by Crippen LogP contribution is 2.33. The summed E-state index contributed by atoms with van der Waals surface area (Å²) in [6.07, 6.45) is 0. The first-order valence-electron chi connectivity index (χ1n) is 8.03. The SMILES string of the molecule is COc1c(Cl)cc(C(=O)NCc2ccc(NC(=O)C(C)C)cc2)cc1Cl. The second-order valence-electron chi connectivity index (χ2n) is 6.00. The number of benzene rings is 2. The van der Waals surface area contributed by atoms with Crippen molar-refractivity contribution >= 4 is 40.7 Å². The minimum Gasteiger partial charge on any atom is -0.494 e. The lowest BCUT2D eigenvalue weighted by atomic mass is 10.1. The fraction of sp³-hybridized carbons (Fsp3) is 0.263. The predicted octanol–water partition coefficient (Wildman–Crippen LogP) is 4.53. The molecule has 5 nitrogen and oxygen atoms in total. The molecule has 2 aromatic rings. The van der Waals surface area contributed by atoms with Gasteiger partial charge in [0.15, 0.2) is 5.75 Å². The first-order valence-corrected chi connectivity index (χ1v) is 8.78. The van der Waals surface area contributed by atoms with Gasteiger partial charge < -0.3 is 15.4 Å². The number of hydrogen-bond acceptors (Lipinski definition) is 3. The normalized spacial score (nSPS) is 10.5. The van der Waals surface area contributed by atoms with Crippen molar-refractivity contribution in [3.63, 3.8) is 0 Å². The summed E-state index contributed by atoms with van der Waals surface area (Å²) < 4.78 is 5.07. The summed E-state index contributed by atoms with van der Waals surface area (Å²) in [5, 5.41) is 6.16. The first-order chi connectivity index (χ1) is 12.3. The number of anilines is 1. The van der Waals surface area contributed by atoms with Crippen molar-refractivity contribution in [1.82, 2.24) is 5.32 Å². The summed E-state index contributed by atoms with van der Waals surface area (Å²) in [4.78, 5) is 24.0. The summed E-state index contributed by atoms with van der Waals surface area (Å²) in [7, 11) is 1.46. The van der Waals surface area contributed by atoms with E-state index < -0.39 is 0 Å². The van der Waals surface area contributed by atoms with Gasteiger partial charge in [0, 0.05) is 23.7 Å². The number of hydrogen-bond donors (Lipinski definition) is 2. The molecule has 0 radical (unpaired) electrons. The van der Waals surface area contributed by atoms with E-state index in [2.05, 4.69) is 10.6 Å². The van der Waals surface area contributed by atoms with Gasteiger partial charge in [-0.2, -0.15) is 0 Å². The van der Waals surface area contributed by atoms with Crippen LogP contribution >= 0.6 is 23.2 Å². The lowest BCUT2D eigenvalue weighted by Gasteiger charge is -2.11. The Morgan fingerprint density at radius 2 is 1.65 bits per heavy atom. The molecular weight excluding hydrogens is 375 g/mol. The van der Waals surface area contributed by atoms with Crippen LogP contribution in [0.3, 0.4) is 0 Å². The number of rotatable bonds is 6. The van der Waals surface area contributed by atoms with E-state index in [1.54, 1.807) is 12.1 Å². The fourth-order valence-electron chi connectivity index (χ4n) is 2.16. The van der Waals surface area contributed by atoms with Crippen LogP contribution in [0.25, 0.3) is 0 Å². The Kier molecular flexibility index (Phi) is 6.89. The average Bonchev–Trinajstić information content (AvgIpc) is 2.60. The molecule has 2 amide bonds. The maximum Gasteiger partial charge on any atom is 0.251 e. The van der Waals surface area contributed by atoms with E-state index in [1.165, 1.54) is 19.2 Å².